The van der Waals surface area contributed by atoms with E-state index in [9.17, 15) is 17.6 Å². The van der Waals surface area contributed by atoms with Crippen LogP contribution >= 0.6 is 0 Å². The highest BCUT2D eigenvalue weighted by molar-refractivity contribution is 7.92. The van der Waals surface area contributed by atoms with E-state index in [-0.39, 0.29) is 17.1 Å². The highest BCUT2D eigenvalue weighted by Gasteiger charge is 2.27. The number of nitrogens with two attached hydrogens (primary N) is 1. The van der Waals surface area contributed by atoms with Gasteiger partial charge in [-0.3, -0.25) is 4.79 Å². The minimum Gasteiger partial charge on any atom is -0.397 e. The third kappa shape index (κ3) is 4.98. The lowest BCUT2D eigenvalue weighted by molar-refractivity contribution is -0.115. The number of benzene rings is 1. The van der Waals surface area contributed by atoms with Gasteiger partial charge in [0.1, 0.15) is 11.1 Å². The van der Waals surface area contributed by atoms with E-state index in [2.05, 4.69) is 5.32 Å². The van der Waals surface area contributed by atoms with Crippen LogP contribution in [0.3, 0.4) is 0 Å². The van der Waals surface area contributed by atoms with E-state index in [0.29, 0.717) is 13.0 Å². The fourth-order valence-electron chi connectivity index (χ4n) is 1.63. The maximum Gasteiger partial charge on any atom is 0.242 e. The van der Waals surface area contributed by atoms with E-state index < -0.39 is 26.8 Å². The molecule has 0 saturated carbocycles. The van der Waals surface area contributed by atoms with Crippen molar-refractivity contribution in [2.75, 3.05) is 30.5 Å². The summed E-state index contributed by atoms with van der Waals surface area (Å²) in [6.45, 7) is 1.61. The lowest BCUT2D eigenvalue weighted by Crippen LogP contribution is -2.34. The zero-order valence-corrected chi connectivity index (χ0v) is 12.7. The summed E-state index contributed by atoms with van der Waals surface area (Å²) in [5, 5.41) is 1.17. The molecule has 0 radical (unpaired) electrons. The summed E-state index contributed by atoms with van der Waals surface area (Å²) in [6.07, 6.45) is 0.315. The van der Waals surface area contributed by atoms with Crippen molar-refractivity contribution >= 4 is 27.1 Å². The van der Waals surface area contributed by atoms with E-state index in [4.69, 9.17) is 10.5 Å². The van der Waals surface area contributed by atoms with Crippen LogP contribution in [-0.4, -0.2) is 39.0 Å². The molecule has 0 spiro atoms. The van der Waals surface area contributed by atoms with Crippen molar-refractivity contribution in [1.82, 2.24) is 0 Å². The summed E-state index contributed by atoms with van der Waals surface area (Å²) >= 11 is 0. The van der Waals surface area contributed by atoms with Crippen LogP contribution in [0.1, 0.15) is 13.3 Å². The summed E-state index contributed by atoms with van der Waals surface area (Å²) in [5.41, 5.74) is 5.77. The second-order valence-electron chi connectivity index (χ2n) is 4.58. The monoisotopic (exact) mass is 318 g/mol. The quantitative estimate of drug-likeness (QED) is 0.581. The summed E-state index contributed by atoms with van der Waals surface area (Å²) < 4.78 is 41.6. The number of sulfone groups is 1. The first-order valence-corrected chi connectivity index (χ1v) is 8.06. The Morgan fingerprint density at radius 1 is 1.48 bits per heavy atom. The van der Waals surface area contributed by atoms with Crippen molar-refractivity contribution in [2.45, 2.75) is 18.6 Å². The Morgan fingerprint density at radius 2 is 2.14 bits per heavy atom. The summed E-state index contributed by atoms with van der Waals surface area (Å²) in [4.78, 5) is 12.0. The minimum absolute atomic E-state index is 0.0346. The van der Waals surface area contributed by atoms with E-state index in [1.807, 2.05) is 0 Å². The minimum atomic E-state index is -3.58. The molecule has 1 aromatic rings. The lowest BCUT2D eigenvalue weighted by Gasteiger charge is -2.14. The van der Waals surface area contributed by atoms with Crippen LogP contribution in [0.5, 0.6) is 0 Å². The Morgan fingerprint density at radius 3 is 2.71 bits per heavy atom. The third-order valence-corrected chi connectivity index (χ3v) is 5.11. The van der Waals surface area contributed by atoms with Gasteiger partial charge >= 0.3 is 0 Å². The SMILES string of the molecule is COCCCS(=O)(=O)C(C)C(=O)Nc1ccc(F)cc1N. The molecule has 118 valence electrons. The number of carbonyl (C=O) groups excluding carboxylic acids is 1. The molecule has 0 fully saturated rings. The summed E-state index contributed by atoms with van der Waals surface area (Å²) in [6, 6.07) is 3.46. The molecule has 21 heavy (non-hydrogen) atoms. The highest BCUT2D eigenvalue weighted by Crippen LogP contribution is 2.20. The number of hydrogen-bond acceptors (Lipinski definition) is 5. The number of nitrogen functional groups attached to an aromatic ring is 1. The Hall–Kier alpha value is -1.67. The van der Waals surface area contributed by atoms with Gasteiger partial charge in [0, 0.05) is 13.7 Å². The van der Waals surface area contributed by atoms with Gasteiger partial charge in [-0.2, -0.15) is 0 Å². The first-order valence-electron chi connectivity index (χ1n) is 6.34. The topological polar surface area (TPSA) is 98.5 Å². The molecule has 0 aliphatic carbocycles. The number of hydrogen-bond donors (Lipinski definition) is 2. The second-order valence-corrected chi connectivity index (χ2v) is 7.02. The lowest BCUT2D eigenvalue weighted by atomic mass is 10.2. The van der Waals surface area contributed by atoms with Crippen LogP contribution < -0.4 is 11.1 Å². The normalized spacial score (nSPS) is 12.9. The van der Waals surface area contributed by atoms with Gasteiger partial charge in [0.25, 0.3) is 0 Å². The predicted molar refractivity (Wildman–Crippen MR) is 79.2 cm³/mol. The molecule has 0 aromatic heterocycles. The van der Waals surface area contributed by atoms with Crippen molar-refractivity contribution in [3.8, 4) is 0 Å². The van der Waals surface area contributed by atoms with Gasteiger partial charge in [0.05, 0.1) is 17.1 Å². The Balaban J connectivity index is 2.74. The number of anilines is 2. The molecule has 8 heteroatoms. The van der Waals surface area contributed by atoms with E-state index in [1.165, 1.54) is 20.1 Å². The Bertz CT molecular complexity index is 604. The number of ether oxygens (including phenoxy) is 1. The van der Waals surface area contributed by atoms with E-state index in [0.717, 1.165) is 12.1 Å². The molecule has 1 unspecified atom stereocenters. The van der Waals surface area contributed by atoms with E-state index >= 15 is 0 Å². The largest absolute Gasteiger partial charge is 0.397 e. The third-order valence-electron chi connectivity index (χ3n) is 2.96. The van der Waals surface area contributed by atoms with Crippen LogP contribution in [0.15, 0.2) is 18.2 Å². The standard InChI is InChI=1S/C13H19FN2O4S/c1-9(21(18,19)7-3-6-20-2)13(17)16-12-5-4-10(14)8-11(12)15/h4-5,8-9H,3,6-7,15H2,1-2H3,(H,16,17). The fraction of sp³-hybridized carbons (Fsp3) is 0.462. The van der Waals surface area contributed by atoms with Gasteiger partial charge in [0.2, 0.25) is 5.91 Å². The van der Waals surface area contributed by atoms with Gasteiger partial charge in [-0.1, -0.05) is 0 Å². The van der Waals surface area contributed by atoms with Crippen molar-refractivity contribution in [3.63, 3.8) is 0 Å². The number of halogens is 1. The maximum atomic E-state index is 12.9. The molecule has 0 saturated heterocycles. The first-order chi connectivity index (χ1) is 9.77. The van der Waals surface area contributed by atoms with Crippen molar-refractivity contribution < 1.29 is 22.3 Å². The van der Waals surface area contributed by atoms with Crippen LogP contribution in [-0.2, 0) is 19.4 Å². The first kappa shape index (κ1) is 17.4. The van der Waals surface area contributed by atoms with Crippen LogP contribution in [0.4, 0.5) is 15.8 Å². The molecule has 6 nitrogen and oxygen atoms in total. The van der Waals surface area contributed by atoms with Crippen LogP contribution in [0.2, 0.25) is 0 Å². The van der Waals surface area contributed by atoms with Gasteiger partial charge in [-0.25, -0.2) is 12.8 Å². The fourth-order valence-corrected chi connectivity index (χ4v) is 2.88. The molecule has 0 aliphatic heterocycles. The summed E-state index contributed by atoms with van der Waals surface area (Å²) in [7, 11) is -2.11. The van der Waals surface area contributed by atoms with E-state index in [1.54, 1.807) is 0 Å². The van der Waals surface area contributed by atoms with Crippen molar-refractivity contribution in [1.29, 1.82) is 0 Å². The number of nitrogens with one attached hydrogen (secondary N) is 1. The molecular formula is C13H19FN2O4S. The number of carbonyl (C=O) groups is 1. The van der Waals surface area contributed by atoms with Gasteiger partial charge in [-0.15, -0.1) is 0 Å². The Kier molecular flexibility index (Phi) is 6.10. The molecule has 0 aliphatic rings. The highest BCUT2D eigenvalue weighted by atomic mass is 32.2. The molecular weight excluding hydrogens is 299 g/mol. The van der Waals surface area contributed by atoms with Crippen molar-refractivity contribution in [2.24, 2.45) is 0 Å². The second kappa shape index (κ2) is 7.37. The Labute approximate surface area is 123 Å². The van der Waals surface area contributed by atoms with Gasteiger partial charge < -0.3 is 15.8 Å². The van der Waals surface area contributed by atoms with Crippen molar-refractivity contribution in [3.05, 3.63) is 24.0 Å². The number of amides is 1. The van der Waals surface area contributed by atoms with Gasteiger partial charge in [-0.05, 0) is 31.5 Å². The molecule has 0 bridgehead atoms. The maximum absolute atomic E-state index is 12.9. The molecule has 0 heterocycles. The molecule has 1 amide bonds. The summed E-state index contributed by atoms with van der Waals surface area (Å²) in [5.74, 6) is -1.38. The van der Waals surface area contributed by atoms with Crippen LogP contribution in [0, 0.1) is 5.82 Å². The molecule has 1 atom stereocenters. The predicted octanol–water partition coefficient (Wildman–Crippen LogP) is 1.19. The molecule has 1 rings (SSSR count). The van der Waals surface area contributed by atoms with Crippen LogP contribution in [0.25, 0.3) is 0 Å². The number of rotatable bonds is 7. The zero-order valence-electron chi connectivity index (χ0n) is 11.9. The molecule has 1 aromatic carbocycles. The average Bonchev–Trinajstić information content (AvgIpc) is 2.41. The van der Waals surface area contributed by atoms with Gasteiger partial charge in [0.15, 0.2) is 9.84 Å². The zero-order chi connectivity index (χ0) is 16.0. The average molecular weight is 318 g/mol. The number of methoxy groups -OCH3 is 1. The smallest absolute Gasteiger partial charge is 0.242 e. The molecule has 3 N–H and O–H groups in total.